The van der Waals surface area contributed by atoms with E-state index < -0.39 is 0 Å². The summed E-state index contributed by atoms with van der Waals surface area (Å²) in [5, 5.41) is 4.12. The first-order chi connectivity index (χ1) is 9.70. The van der Waals surface area contributed by atoms with E-state index in [-0.39, 0.29) is 6.04 Å². The van der Waals surface area contributed by atoms with E-state index in [0.717, 1.165) is 33.8 Å². The van der Waals surface area contributed by atoms with Gasteiger partial charge in [-0.15, -0.1) is 0 Å². The van der Waals surface area contributed by atoms with E-state index in [1.165, 1.54) is 11.1 Å². The largest absolute Gasteiger partial charge is 0.493 e. The van der Waals surface area contributed by atoms with Crippen LogP contribution in [0.4, 0.5) is 0 Å². The molecule has 0 aliphatic carbocycles. The Morgan fingerprint density at radius 3 is 2.80 bits per heavy atom. The first-order valence-corrected chi connectivity index (χ1v) is 7.74. The molecule has 0 amide bonds. The number of nitrogens with one attached hydrogen (secondary N) is 1. The molecule has 0 bridgehead atoms. The second-order valence-electron chi connectivity index (χ2n) is 4.82. The van der Waals surface area contributed by atoms with Gasteiger partial charge in [-0.2, -0.15) is 0 Å². The number of halogens is 2. The zero-order chi connectivity index (χ0) is 14.1. The predicted octanol–water partition coefficient (Wildman–Crippen LogP) is 4.35. The lowest BCUT2D eigenvalue weighted by atomic mass is 9.96. The van der Waals surface area contributed by atoms with Crippen LogP contribution < -0.4 is 10.1 Å². The van der Waals surface area contributed by atoms with Crippen LogP contribution in [0.2, 0.25) is 5.02 Å². The van der Waals surface area contributed by atoms with E-state index >= 15 is 0 Å². The molecule has 4 heteroatoms. The van der Waals surface area contributed by atoms with Gasteiger partial charge in [-0.1, -0.05) is 45.7 Å². The normalized spacial score (nSPS) is 14.8. The molecule has 0 fully saturated rings. The quantitative estimate of drug-likeness (QED) is 0.887. The molecular formula is C16H15BrClNO. The van der Waals surface area contributed by atoms with Gasteiger partial charge in [0.05, 0.1) is 12.6 Å². The highest BCUT2D eigenvalue weighted by Gasteiger charge is 2.24. The smallest absolute Gasteiger partial charge is 0.127 e. The van der Waals surface area contributed by atoms with Crippen LogP contribution in [0.25, 0.3) is 0 Å². The maximum absolute atomic E-state index is 6.26. The predicted molar refractivity (Wildman–Crippen MR) is 85.7 cm³/mol. The van der Waals surface area contributed by atoms with Gasteiger partial charge in [-0.25, -0.2) is 0 Å². The maximum Gasteiger partial charge on any atom is 0.127 e. The second kappa shape index (κ2) is 5.76. The van der Waals surface area contributed by atoms with Crippen LogP contribution in [-0.4, -0.2) is 13.7 Å². The minimum absolute atomic E-state index is 0.0520. The molecule has 2 aromatic carbocycles. The fourth-order valence-corrected chi connectivity index (χ4v) is 3.46. The average molecular weight is 353 g/mol. The monoisotopic (exact) mass is 351 g/mol. The molecule has 104 valence electrons. The van der Waals surface area contributed by atoms with Crippen molar-refractivity contribution in [2.24, 2.45) is 0 Å². The van der Waals surface area contributed by atoms with Crippen LogP contribution in [0.5, 0.6) is 5.75 Å². The van der Waals surface area contributed by atoms with E-state index in [4.69, 9.17) is 16.3 Å². The van der Waals surface area contributed by atoms with E-state index in [1.807, 2.05) is 37.4 Å². The third-order valence-electron chi connectivity index (χ3n) is 3.59. The summed E-state index contributed by atoms with van der Waals surface area (Å²) in [5.41, 5.74) is 3.47. The molecule has 0 saturated heterocycles. The fraction of sp³-hybridized carbons (Fsp3) is 0.250. The molecule has 2 aromatic rings. The molecule has 1 aliphatic rings. The minimum atomic E-state index is 0.0520. The second-order valence-corrected chi connectivity index (χ2v) is 6.12. The first-order valence-electron chi connectivity index (χ1n) is 6.57. The Morgan fingerprint density at radius 2 is 2.05 bits per heavy atom. The number of fused-ring (bicyclic) bond motifs is 1. The summed E-state index contributed by atoms with van der Waals surface area (Å²) in [6.45, 7) is 0.731. The van der Waals surface area contributed by atoms with Gasteiger partial charge in [0, 0.05) is 21.5 Å². The van der Waals surface area contributed by atoms with Crippen LogP contribution in [0.1, 0.15) is 22.7 Å². The van der Waals surface area contributed by atoms with Gasteiger partial charge < -0.3 is 10.1 Å². The average Bonchev–Trinajstić information content (AvgIpc) is 2.89. The molecule has 20 heavy (non-hydrogen) atoms. The Bertz CT molecular complexity index is 644. The van der Waals surface area contributed by atoms with Gasteiger partial charge in [-0.3, -0.25) is 0 Å². The summed E-state index contributed by atoms with van der Waals surface area (Å²) in [6.07, 6.45) is 0.926. The Kier molecular flexibility index (Phi) is 4.01. The molecule has 3 rings (SSSR count). The molecule has 2 nitrogen and oxygen atoms in total. The zero-order valence-electron chi connectivity index (χ0n) is 11.1. The van der Waals surface area contributed by atoms with Crippen molar-refractivity contribution in [2.45, 2.75) is 12.5 Å². The Hall–Kier alpha value is -1.03. The molecule has 1 unspecified atom stereocenters. The summed E-state index contributed by atoms with van der Waals surface area (Å²) in [5.74, 6) is 0.976. The number of hydrogen-bond donors (Lipinski definition) is 1. The summed E-state index contributed by atoms with van der Waals surface area (Å²) < 4.78 is 6.89. The van der Waals surface area contributed by atoms with Crippen molar-refractivity contribution in [3.63, 3.8) is 0 Å². The van der Waals surface area contributed by atoms with Gasteiger partial charge in [0.15, 0.2) is 0 Å². The molecule has 1 N–H and O–H groups in total. The van der Waals surface area contributed by atoms with Crippen LogP contribution in [0, 0.1) is 0 Å². The fourth-order valence-electron chi connectivity index (χ4n) is 2.70. The lowest BCUT2D eigenvalue weighted by Gasteiger charge is -2.21. The highest BCUT2D eigenvalue weighted by atomic mass is 79.9. The van der Waals surface area contributed by atoms with E-state index in [2.05, 4.69) is 27.3 Å². The zero-order valence-corrected chi connectivity index (χ0v) is 13.5. The van der Waals surface area contributed by atoms with Crippen molar-refractivity contribution in [3.05, 3.63) is 62.6 Å². The topological polar surface area (TPSA) is 21.3 Å². The minimum Gasteiger partial charge on any atom is -0.493 e. The van der Waals surface area contributed by atoms with Crippen molar-refractivity contribution in [3.8, 4) is 5.75 Å². The SMILES string of the molecule is CNC(c1ccccc1Br)c1cc(Cl)cc2c1OCC2. The van der Waals surface area contributed by atoms with Crippen molar-refractivity contribution in [2.75, 3.05) is 13.7 Å². The lowest BCUT2D eigenvalue weighted by Crippen LogP contribution is -2.19. The molecule has 0 spiro atoms. The molecule has 1 atom stereocenters. The van der Waals surface area contributed by atoms with E-state index in [1.54, 1.807) is 0 Å². The summed E-state index contributed by atoms with van der Waals surface area (Å²) in [7, 11) is 1.95. The molecule has 1 aliphatic heterocycles. The van der Waals surface area contributed by atoms with Crippen LogP contribution in [0.15, 0.2) is 40.9 Å². The highest BCUT2D eigenvalue weighted by Crippen LogP contribution is 2.39. The van der Waals surface area contributed by atoms with Gasteiger partial charge in [0.1, 0.15) is 5.75 Å². The maximum atomic E-state index is 6.26. The van der Waals surface area contributed by atoms with Gasteiger partial charge in [0.2, 0.25) is 0 Å². The van der Waals surface area contributed by atoms with Gasteiger partial charge >= 0.3 is 0 Å². The number of rotatable bonds is 3. The number of hydrogen-bond acceptors (Lipinski definition) is 2. The standard InChI is InChI=1S/C16H15BrClNO/c1-19-15(12-4-2-3-5-14(12)17)13-9-11(18)8-10-6-7-20-16(10)13/h2-5,8-9,15,19H,6-7H2,1H3. The Labute approximate surface area is 132 Å². The van der Waals surface area contributed by atoms with E-state index in [9.17, 15) is 0 Å². The molecule has 0 saturated carbocycles. The van der Waals surface area contributed by atoms with Crippen molar-refractivity contribution in [1.29, 1.82) is 0 Å². The van der Waals surface area contributed by atoms with Gasteiger partial charge in [-0.05, 0) is 36.4 Å². The number of benzene rings is 2. The van der Waals surface area contributed by atoms with Gasteiger partial charge in [0.25, 0.3) is 0 Å². The third-order valence-corrected chi connectivity index (χ3v) is 4.53. The molecule has 0 radical (unpaired) electrons. The summed E-state index contributed by atoms with van der Waals surface area (Å²) in [4.78, 5) is 0. The Morgan fingerprint density at radius 1 is 1.25 bits per heavy atom. The molecule has 0 aromatic heterocycles. The van der Waals surface area contributed by atoms with E-state index in [0.29, 0.717) is 0 Å². The third kappa shape index (κ3) is 2.46. The number of ether oxygens (including phenoxy) is 1. The van der Waals surface area contributed by atoms with Crippen molar-refractivity contribution in [1.82, 2.24) is 5.32 Å². The Balaban J connectivity index is 2.13. The van der Waals surface area contributed by atoms with Crippen molar-refractivity contribution < 1.29 is 4.74 Å². The lowest BCUT2D eigenvalue weighted by molar-refractivity contribution is 0.351. The highest BCUT2D eigenvalue weighted by molar-refractivity contribution is 9.10. The van der Waals surface area contributed by atoms with Crippen LogP contribution in [0.3, 0.4) is 0 Å². The summed E-state index contributed by atoms with van der Waals surface area (Å²) >= 11 is 9.88. The van der Waals surface area contributed by atoms with Crippen molar-refractivity contribution >= 4 is 27.5 Å². The summed E-state index contributed by atoms with van der Waals surface area (Å²) in [6, 6.07) is 12.2. The first kappa shape index (κ1) is 13.9. The van der Waals surface area contributed by atoms with Crippen LogP contribution >= 0.6 is 27.5 Å². The molecular weight excluding hydrogens is 338 g/mol. The van der Waals surface area contributed by atoms with Crippen LogP contribution in [-0.2, 0) is 6.42 Å². The molecule has 1 heterocycles.